The van der Waals surface area contributed by atoms with E-state index in [1.807, 2.05) is 56.3 Å². The lowest BCUT2D eigenvalue weighted by Gasteiger charge is -2.11. The zero-order valence-electron chi connectivity index (χ0n) is 18.9. The Hall–Kier alpha value is -2.40. The summed E-state index contributed by atoms with van der Waals surface area (Å²) in [7, 11) is 0. The van der Waals surface area contributed by atoms with Crippen molar-refractivity contribution in [2.24, 2.45) is 0 Å². The first-order valence-electron chi connectivity index (χ1n) is 10.6. The van der Waals surface area contributed by atoms with E-state index in [0.29, 0.717) is 6.42 Å². The van der Waals surface area contributed by atoms with E-state index >= 15 is 0 Å². The Morgan fingerprint density at radius 3 is 1.84 bits per heavy atom. The van der Waals surface area contributed by atoms with Crippen LogP contribution in [0.25, 0.3) is 11.1 Å². The van der Waals surface area contributed by atoms with E-state index < -0.39 is 12.7 Å². The van der Waals surface area contributed by atoms with Gasteiger partial charge in [-0.1, -0.05) is 86.1 Å². The molecule has 0 fully saturated rings. The van der Waals surface area contributed by atoms with Gasteiger partial charge in [0.1, 0.15) is 6.61 Å². The lowest BCUT2D eigenvalue weighted by Crippen LogP contribution is -2.06. The Balaban J connectivity index is 0.000000400. The van der Waals surface area contributed by atoms with Gasteiger partial charge in [0.2, 0.25) is 0 Å². The van der Waals surface area contributed by atoms with Crippen molar-refractivity contribution in [2.75, 3.05) is 12.9 Å². The summed E-state index contributed by atoms with van der Waals surface area (Å²) >= 11 is 1.77. The second-order valence-electron chi connectivity index (χ2n) is 6.76. The van der Waals surface area contributed by atoms with Gasteiger partial charge in [-0.05, 0) is 48.4 Å². The molecule has 3 nitrogen and oxygen atoms in total. The van der Waals surface area contributed by atoms with Crippen LogP contribution >= 0.6 is 11.8 Å². The molecule has 31 heavy (non-hydrogen) atoms. The van der Waals surface area contributed by atoms with Crippen LogP contribution < -0.4 is 0 Å². The second-order valence-corrected chi connectivity index (χ2v) is 7.64. The third kappa shape index (κ3) is 9.97. The SMILES string of the molecule is CC.CSc1ccccc1.Cc1ccc(-c2ccc([C@H](O)CCC(=O)CO)cc2)cc1. The third-order valence-electron chi connectivity index (χ3n) is 4.53. The van der Waals surface area contributed by atoms with Gasteiger partial charge in [-0.2, -0.15) is 0 Å². The predicted octanol–water partition coefficient (Wildman–Crippen LogP) is 6.47. The maximum atomic E-state index is 11.1. The monoisotopic (exact) mass is 438 g/mol. The van der Waals surface area contributed by atoms with E-state index in [1.165, 1.54) is 10.5 Å². The normalized spacial score (nSPS) is 10.8. The topological polar surface area (TPSA) is 57.5 Å². The average Bonchev–Trinajstić information content (AvgIpc) is 2.85. The molecule has 0 aliphatic heterocycles. The zero-order chi connectivity index (χ0) is 23.1. The Morgan fingerprint density at radius 1 is 0.871 bits per heavy atom. The molecule has 3 aromatic carbocycles. The van der Waals surface area contributed by atoms with E-state index in [0.717, 1.165) is 16.7 Å². The fourth-order valence-electron chi connectivity index (χ4n) is 2.74. The van der Waals surface area contributed by atoms with Crippen LogP contribution in [0.15, 0.2) is 83.8 Å². The number of hydrogen-bond donors (Lipinski definition) is 2. The number of carbonyl (C=O) groups excluding carboxylic acids is 1. The molecule has 0 heterocycles. The molecular formula is C27H34O3S. The van der Waals surface area contributed by atoms with Crippen LogP contribution in [0.3, 0.4) is 0 Å². The smallest absolute Gasteiger partial charge is 0.158 e. The van der Waals surface area contributed by atoms with Crippen molar-refractivity contribution in [2.45, 2.75) is 44.6 Å². The fraction of sp³-hybridized carbons (Fsp3) is 0.296. The molecule has 0 unspecified atom stereocenters. The number of rotatable bonds is 7. The first kappa shape index (κ1) is 26.6. The Bertz CT molecular complexity index is 859. The molecule has 0 saturated carbocycles. The lowest BCUT2D eigenvalue weighted by molar-refractivity contribution is -0.122. The number of thioether (sulfide) groups is 1. The van der Waals surface area contributed by atoms with Crippen LogP contribution in [-0.4, -0.2) is 28.9 Å². The van der Waals surface area contributed by atoms with Gasteiger partial charge in [0.15, 0.2) is 5.78 Å². The average molecular weight is 439 g/mol. The highest BCUT2D eigenvalue weighted by molar-refractivity contribution is 7.98. The van der Waals surface area contributed by atoms with Crippen molar-refractivity contribution in [3.05, 3.63) is 90.0 Å². The summed E-state index contributed by atoms with van der Waals surface area (Å²) in [6.07, 6.45) is 1.93. The molecule has 1 atom stereocenters. The first-order chi connectivity index (χ1) is 15.0. The van der Waals surface area contributed by atoms with E-state index in [1.54, 1.807) is 11.8 Å². The lowest BCUT2D eigenvalue weighted by atomic mass is 9.99. The molecule has 0 radical (unpaired) electrons. The summed E-state index contributed by atoms with van der Waals surface area (Å²) in [5.74, 6) is -0.245. The molecule has 4 heteroatoms. The fourth-order valence-corrected chi connectivity index (χ4v) is 3.17. The van der Waals surface area contributed by atoms with Gasteiger partial charge in [-0.3, -0.25) is 4.79 Å². The summed E-state index contributed by atoms with van der Waals surface area (Å²) in [6.45, 7) is 5.59. The third-order valence-corrected chi connectivity index (χ3v) is 5.28. The van der Waals surface area contributed by atoms with E-state index in [2.05, 4.69) is 49.6 Å². The van der Waals surface area contributed by atoms with Gasteiger partial charge < -0.3 is 10.2 Å². The summed E-state index contributed by atoms with van der Waals surface area (Å²) in [6, 6.07) is 26.3. The predicted molar refractivity (Wildman–Crippen MR) is 132 cm³/mol. The molecule has 0 amide bonds. The van der Waals surface area contributed by atoms with Gasteiger partial charge >= 0.3 is 0 Å². The van der Waals surface area contributed by atoms with Gasteiger partial charge in [0, 0.05) is 11.3 Å². The van der Waals surface area contributed by atoms with Crippen LogP contribution in [-0.2, 0) is 4.79 Å². The van der Waals surface area contributed by atoms with Crippen LogP contribution in [0, 0.1) is 6.92 Å². The highest BCUT2D eigenvalue weighted by Crippen LogP contribution is 2.24. The highest BCUT2D eigenvalue weighted by atomic mass is 32.2. The molecule has 0 spiro atoms. The summed E-state index contributed by atoms with van der Waals surface area (Å²) in [5, 5.41) is 18.7. The molecule has 0 saturated heterocycles. The molecule has 166 valence electrons. The molecule has 0 aliphatic rings. The van der Waals surface area contributed by atoms with Gasteiger partial charge in [-0.15, -0.1) is 11.8 Å². The molecule has 2 N–H and O–H groups in total. The summed E-state index contributed by atoms with van der Waals surface area (Å²) in [4.78, 5) is 12.4. The standard InChI is InChI=1S/C18H20O3.C7H8S.C2H6/c1-13-2-4-14(5-3-13)15-6-8-16(9-7-15)18(21)11-10-17(20)12-19;1-8-7-5-3-2-4-6-7;1-2/h2-9,18-19,21H,10-12H2,1H3;2-6H,1H3;1-2H3/t18-;;/m1../s1. The van der Waals surface area contributed by atoms with Crippen molar-refractivity contribution in [1.29, 1.82) is 0 Å². The summed E-state index contributed by atoms with van der Waals surface area (Å²) in [5.41, 5.74) is 4.24. The van der Waals surface area contributed by atoms with Gasteiger partial charge in [0.05, 0.1) is 6.10 Å². The molecule has 0 bridgehead atoms. The van der Waals surface area contributed by atoms with Crippen LogP contribution in [0.1, 0.15) is 43.9 Å². The number of ketones is 1. The van der Waals surface area contributed by atoms with Crippen molar-refractivity contribution < 1.29 is 15.0 Å². The quantitative estimate of drug-likeness (QED) is 0.415. The molecule has 3 rings (SSSR count). The minimum atomic E-state index is -0.674. The maximum Gasteiger partial charge on any atom is 0.158 e. The summed E-state index contributed by atoms with van der Waals surface area (Å²) < 4.78 is 0. The van der Waals surface area contributed by atoms with Crippen molar-refractivity contribution in [3.63, 3.8) is 0 Å². The second kappa shape index (κ2) is 15.4. The zero-order valence-corrected chi connectivity index (χ0v) is 19.7. The van der Waals surface area contributed by atoms with E-state index in [9.17, 15) is 9.90 Å². The Morgan fingerprint density at radius 2 is 1.39 bits per heavy atom. The molecular weight excluding hydrogens is 404 g/mol. The molecule has 3 aromatic rings. The molecule has 0 aliphatic carbocycles. The largest absolute Gasteiger partial charge is 0.389 e. The van der Waals surface area contributed by atoms with Gasteiger partial charge in [-0.25, -0.2) is 0 Å². The minimum absolute atomic E-state index is 0.192. The van der Waals surface area contributed by atoms with Crippen molar-refractivity contribution in [1.82, 2.24) is 0 Å². The van der Waals surface area contributed by atoms with Crippen LogP contribution in [0.4, 0.5) is 0 Å². The van der Waals surface area contributed by atoms with Crippen molar-refractivity contribution in [3.8, 4) is 11.1 Å². The number of benzene rings is 3. The van der Waals surface area contributed by atoms with Crippen LogP contribution in [0.2, 0.25) is 0 Å². The Kier molecular flexibility index (Phi) is 13.2. The van der Waals surface area contributed by atoms with Gasteiger partial charge in [0.25, 0.3) is 0 Å². The Labute approximate surface area is 191 Å². The highest BCUT2D eigenvalue weighted by Gasteiger charge is 2.10. The molecule has 0 aromatic heterocycles. The number of aliphatic hydroxyl groups excluding tert-OH is 2. The number of aryl methyl sites for hydroxylation is 1. The maximum absolute atomic E-state index is 11.1. The number of aliphatic hydroxyl groups is 2. The first-order valence-corrected chi connectivity index (χ1v) is 11.8. The van der Waals surface area contributed by atoms with E-state index in [-0.39, 0.29) is 12.2 Å². The van der Waals surface area contributed by atoms with Crippen molar-refractivity contribution >= 4 is 17.5 Å². The number of Topliss-reactive ketones (excluding diaryl/α,β-unsaturated/α-hetero) is 1. The minimum Gasteiger partial charge on any atom is -0.389 e. The van der Waals surface area contributed by atoms with E-state index in [4.69, 9.17) is 5.11 Å². The number of carbonyl (C=O) groups is 1. The number of hydrogen-bond acceptors (Lipinski definition) is 4. The van der Waals surface area contributed by atoms with Crippen LogP contribution in [0.5, 0.6) is 0 Å².